The van der Waals surface area contributed by atoms with Crippen LogP contribution in [0.1, 0.15) is 11.4 Å². The van der Waals surface area contributed by atoms with Crippen LogP contribution >= 0.6 is 0 Å². The van der Waals surface area contributed by atoms with E-state index in [-0.39, 0.29) is 5.65 Å². The second-order valence-corrected chi connectivity index (χ2v) is 7.43. The van der Waals surface area contributed by atoms with Crippen LogP contribution in [0.25, 0.3) is 27.8 Å². The van der Waals surface area contributed by atoms with Gasteiger partial charge >= 0.3 is 12.5 Å². The van der Waals surface area contributed by atoms with Crippen molar-refractivity contribution in [3.05, 3.63) is 84.6 Å². The van der Waals surface area contributed by atoms with Crippen LogP contribution in [0, 0.1) is 0 Å². The summed E-state index contributed by atoms with van der Waals surface area (Å²) in [5.41, 5.74) is 2.69. The van der Waals surface area contributed by atoms with E-state index in [1.54, 1.807) is 24.3 Å². The average Bonchev–Trinajstić information content (AvgIpc) is 3.26. The molecule has 5 rings (SSSR count). The molecule has 35 heavy (non-hydrogen) atoms. The van der Waals surface area contributed by atoms with Crippen LogP contribution < -0.4 is 4.74 Å². The Morgan fingerprint density at radius 3 is 2.23 bits per heavy atom. The molecule has 0 spiro atoms. The van der Waals surface area contributed by atoms with Crippen molar-refractivity contribution in [2.75, 3.05) is 0 Å². The minimum Gasteiger partial charge on any atom is -0.406 e. The summed E-state index contributed by atoms with van der Waals surface area (Å²) in [6, 6.07) is 12.9. The zero-order valence-corrected chi connectivity index (χ0v) is 17.6. The highest BCUT2D eigenvalue weighted by molar-refractivity contribution is 5.74. The summed E-state index contributed by atoms with van der Waals surface area (Å²) >= 11 is 0. The van der Waals surface area contributed by atoms with Crippen LogP contribution in [0.5, 0.6) is 5.75 Å². The summed E-state index contributed by atoms with van der Waals surface area (Å²) in [4.78, 5) is 8.27. The molecule has 3 aromatic heterocycles. The van der Waals surface area contributed by atoms with Crippen LogP contribution in [0.4, 0.5) is 22.0 Å². The molecule has 2 aromatic carbocycles. The van der Waals surface area contributed by atoms with E-state index in [9.17, 15) is 22.0 Å². The summed E-state index contributed by atoms with van der Waals surface area (Å²) in [7, 11) is 0. The van der Waals surface area contributed by atoms with Crippen molar-refractivity contribution in [1.82, 2.24) is 24.6 Å². The smallest absolute Gasteiger partial charge is 0.406 e. The van der Waals surface area contributed by atoms with E-state index >= 15 is 0 Å². The third-order valence-corrected chi connectivity index (χ3v) is 5.04. The maximum atomic E-state index is 15.0. The van der Waals surface area contributed by atoms with Gasteiger partial charge in [0.2, 0.25) is 5.82 Å². The predicted molar refractivity (Wildman–Crippen MR) is 113 cm³/mol. The molecule has 0 radical (unpaired) electrons. The van der Waals surface area contributed by atoms with E-state index < -0.39 is 30.7 Å². The summed E-state index contributed by atoms with van der Waals surface area (Å²) < 4.78 is 76.9. The average molecular weight is 487 g/mol. The Hall–Kier alpha value is -4.19. The van der Waals surface area contributed by atoms with Crippen LogP contribution in [-0.4, -0.2) is 30.9 Å². The molecule has 0 fully saturated rings. The third-order valence-electron chi connectivity index (χ3n) is 5.04. The summed E-state index contributed by atoms with van der Waals surface area (Å²) in [5, 5.41) is 7.35. The number of hydrogen-bond donors (Lipinski definition) is 0. The highest BCUT2D eigenvalue weighted by Gasteiger charge is 2.39. The van der Waals surface area contributed by atoms with E-state index in [1.807, 2.05) is 0 Å². The summed E-state index contributed by atoms with van der Waals surface area (Å²) in [6.07, 6.45) is -4.23. The lowest BCUT2D eigenvalue weighted by atomic mass is 10.1. The number of ether oxygens (including phenoxy) is 2. The van der Waals surface area contributed by atoms with Gasteiger partial charge < -0.3 is 9.47 Å². The Labute approximate surface area is 193 Å². The fraction of sp³-hybridized carbons (Fsp3) is 0.130. The van der Waals surface area contributed by atoms with Gasteiger partial charge in [-0.25, -0.2) is 0 Å². The Kier molecular flexibility index (Phi) is 5.52. The number of benzene rings is 2. The first-order valence-corrected chi connectivity index (χ1v) is 10.1. The Morgan fingerprint density at radius 2 is 1.49 bits per heavy atom. The van der Waals surface area contributed by atoms with Gasteiger partial charge in [0.05, 0.1) is 17.6 Å². The lowest BCUT2D eigenvalue weighted by Gasteiger charge is -2.16. The minimum absolute atomic E-state index is 0.144. The molecule has 12 heteroatoms. The number of aromatic nitrogens is 5. The Bertz CT molecular complexity index is 1500. The van der Waals surface area contributed by atoms with Gasteiger partial charge in [0.25, 0.3) is 0 Å². The van der Waals surface area contributed by atoms with Gasteiger partial charge in [0.1, 0.15) is 5.75 Å². The molecule has 0 saturated carbocycles. The zero-order valence-electron chi connectivity index (χ0n) is 17.6. The van der Waals surface area contributed by atoms with Gasteiger partial charge in [0, 0.05) is 18.6 Å². The maximum absolute atomic E-state index is 15.0. The molecule has 7 nitrogen and oxygen atoms in total. The van der Waals surface area contributed by atoms with Gasteiger partial charge in [-0.3, -0.25) is 14.4 Å². The number of rotatable bonds is 6. The van der Waals surface area contributed by atoms with E-state index in [4.69, 9.17) is 4.74 Å². The van der Waals surface area contributed by atoms with Crippen molar-refractivity contribution in [2.45, 2.75) is 19.1 Å². The maximum Gasteiger partial charge on any atom is 0.573 e. The first-order valence-electron chi connectivity index (χ1n) is 10.1. The van der Waals surface area contributed by atoms with Gasteiger partial charge in [-0.05, 0) is 53.1 Å². The number of hydrogen-bond acceptors (Lipinski definition) is 6. The standard InChI is InChI=1S/C23H14F5N5O2/c24-22(25,34-13-14-1-7-18-19(11-14)30-10-9-29-18)21-32-31-20-8-4-16(12-33(20)21)15-2-5-17(6-3-15)35-23(26,27)28/h1-12H,13H2. The van der Waals surface area contributed by atoms with Crippen molar-refractivity contribution in [2.24, 2.45) is 0 Å². The molecule has 0 aliphatic rings. The van der Waals surface area contributed by atoms with Gasteiger partial charge in [-0.1, -0.05) is 18.2 Å². The van der Waals surface area contributed by atoms with Crippen LogP contribution in [0.3, 0.4) is 0 Å². The third kappa shape index (κ3) is 4.87. The lowest BCUT2D eigenvalue weighted by molar-refractivity contribution is -0.274. The monoisotopic (exact) mass is 487 g/mol. The van der Waals surface area contributed by atoms with E-state index in [2.05, 4.69) is 24.9 Å². The van der Waals surface area contributed by atoms with Crippen LogP contribution in [0.2, 0.25) is 0 Å². The first kappa shape index (κ1) is 22.6. The van der Waals surface area contributed by atoms with Crippen LogP contribution in [0.15, 0.2) is 73.2 Å². The highest BCUT2D eigenvalue weighted by Crippen LogP contribution is 2.32. The largest absolute Gasteiger partial charge is 0.573 e. The quantitative estimate of drug-likeness (QED) is 0.295. The molecular formula is C23H14F5N5O2. The van der Waals surface area contributed by atoms with Crippen LogP contribution in [-0.2, 0) is 17.5 Å². The molecule has 0 aliphatic carbocycles. The normalized spacial score (nSPS) is 12.4. The number of fused-ring (bicyclic) bond motifs is 2. The fourth-order valence-corrected chi connectivity index (χ4v) is 3.45. The van der Waals surface area contributed by atoms with Gasteiger partial charge in [0.15, 0.2) is 5.65 Å². The minimum atomic E-state index is -4.82. The molecule has 178 valence electrons. The SMILES string of the molecule is FC(F)(F)Oc1ccc(-c2ccc3nnc(C(F)(F)OCc4ccc5nccnc5c4)n3c2)cc1. The van der Waals surface area contributed by atoms with Gasteiger partial charge in [-0.15, -0.1) is 23.4 Å². The topological polar surface area (TPSA) is 74.4 Å². The first-order chi connectivity index (χ1) is 16.7. The van der Waals surface area contributed by atoms with E-state index in [1.165, 1.54) is 36.8 Å². The Morgan fingerprint density at radius 1 is 0.771 bits per heavy atom. The second-order valence-electron chi connectivity index (χ2n) is 7.43. The number of alkyl halides is 5. The summed E-state index contributed by atoms with van der Waals surface area (Å²) in [5.74, 6) is -1.14. The molecule has 5 aromatic rings. The molecule has 0 N–H and O–H groups in total. The zero-order chi connectivity index (χ0) is 24.6. The molecule has 0 amide bonds. The number of nitrogens with zero attached hydrogens (tertiary/aromatic N) is 5. The fourth-order valence-electron chi connectivity index (χ4n) is 3.45. The molecule has 0 aliphatic heterocycles. The molecule has 0 unspecified atom stereocenters. The van der Waals surface area contributed by atoms with Crippen molar-refractivity contribution in [1.29, 1.82) is 0 Å². The molecule has 3 heterocycles. The van der Waals surface area contributed by atoms with E-state index in [0.717, 1.165) is 16.5 Å². The van der Waals surface area contributed by atoms with Crippen molar-refractivity contribution in [3.8, 4) is 16.9 Å². The molecule has 0 bridgehead atoms. The number of pyridine rings is 1. The van der Waals surface area contributed by atoms with Crippen molar-refractivity contribution < 1.29 is 31.4 Å². The van der Waals surface area contributed by atoms with Crippen molar-refractivity contribution in [3.63, 3.8) is 0 Å². The van der Waals surface area contributed by atoms with E-state index in [0.29, 0.717) is 27.7 Å². The predicted octanol–water partition coefficient (Wildman–Crippen LogP) is 5.50. The molecular weight excluding hydrogens is 473 g/mol. The second kappa shape index (κ2) is 8.55. The molecule has 0 saturated heterocycles. The van der Waals surface area contributed by atoms with Crippen molar-refractivity contribution >= 4 is 16.7 Å². The molecule has 0 atom stereocenters. The Balaban J connectivity index is 1.39. The summed E-state index contributed by atoms with van der Waals surface area (Å²) in [6.45, 7) is -0.422. The number of halogens is 5. The highest BCUT2D eigenvalue weighted by atomic mass is 19.4. The lowest BCUT2D eigenvalue weighted by Crippen LogP contribution is -2.21. The van der Waals surface area contributed by atoms with Gasteiger partial charge in [-0.2, -0.15) is 8.78 Å².